The fourth-order valence-electron chi connectivity index (χ4n) is 1.76. The second-order valence-electron chi connectivity index (χ2n) is 5.09. The Balaban J connectivity index is 2.53. The molecule has 0 saturated heterocycles. The number of benzene rings is 1. The van der Waals surface area contributed by atoms with E-state index in [1.807, 2.05) is 13.8 Å². The average Bonchev–Trinajstić information content (AvgIpc) is 2.36. The minimum Gasteiger partial charge on any atom is -0.494 e. The van der Waals surface area contributed by atoms with E-state index in [0.29, 0.717) is 12.2 Å². The van der Waals surface area contributed by atoms with Crippen molar-refractivity contribution in [2.75, 3.05) is 12.9 Å². The zero-order chi connectivity index (χ0) is 16.0. The van der Waals surface area contributed by atoms with Gasteiger partial charge in [0.05, 0.1) is 11.5 Å². The van der Waals surface area contributed by atoms with Gasteiger partial charge in [0, 0.05) is 18.7 Å². The van der Waals surface area contributed by atoms with Crippen molar-refractivity contribution in [2.24, 2.45) is 0 Å². The van der Waals surface area contributed by atoms with E-state index in [1.54, 1.807) is 12.1 Å². The van der Waals surface area contributed by atoms with Crippen LogP contribution >= 0.6 is 0 Å². The number of carbonyl (C=O) groups is 1. The van der Waals surface area contributed by atoms with Gasteiger partial charge in [-0.1, -0.05) is 13.8 Å². The molecule has 0 spiro atoms. The first-order valence-electron chi connectivity index (χ1n) is 6.62. The van der Waals surface area contributed by atoms with E-state index < -0.39 is 21.8 Å². The minimum absolute atomic E-state index is 0.0696. The number of sulfone groups is 1. The summed E-state index contributed by atoms with van der Waals surface area (Å²) in [6.07, 6.45) is 1.46. The molecule has 1 rings (SSSR count). The highest BCUT2D eigenvalue weighted by molar-refractivity contribution is 7.90. The van der Waals surface area contributed by atoms with Crippen LogP contribution in [0, 0.1) is 0 Å². The molecule has 0 bridgehead atoms. The van der Waals surface area contributed by atoms with E-state index in [9.17, 15) is 13.2 Å². The molecule has 0 aliphatic carbocycles. The van der Waals surface area contributed by atoms with Crippen LogP contribution in [-0.4, -0.2) is 44.4 Å². The molecule has 0 amide bonds. The molecule has 6 nitrogen and oxygen atoms in total. The lowest BCUT2D eigenvalue weighted by Crippen LogP contribution is -2.41. The fourth-order valence-corrected chi connectivity index (χ4v) is 2.39. The predicted molar refractivity (Wildman–Crippen MR) is 79.4 cm³/mol. The molecule has 21 heavy (non-hydrogen) atoms. The van der Waals surface area contributed by atoms with Crippen molar-refractivity contribution in [3.63, 3.8) is 0 Å². The van der Waals surface area contributed by atoms with E-state index >= 15 is 0 Å². The zero-order valence-electron chi connectivity index (χ0n) is 12.4. The Bertz CT molecular complexity index is 566. The van der Waals surface area contributed by atoms with Crippen molar-refractivity contribution < 1.29 is 23.1 Å². The molecule has 1 atom stereocenters. The molecule has 2 N–H and O–H groups in total. The summed E-state index contributed by atoms with van der Waals surface area (Å²) < 4.78 is 28.1. The highest BCUT2D eigenvalue weighted by Crippen LogP contribution is 2.16. The van der Waals surface area contributed by atoms with Crippen LogP contribution < -0.4 is 10.1 Å². The van der Waals surface area contributed by atoms with Gasteiger partial charge in [-0.25, -0.2) is 8.42 Å². The Labute approximate surface area is 125 Å². The normalized spacial score (nSPS) is 13.1. The number of hydrogen-bond acceptors (Lipinski definition) is 5. The lowest BCUT2D eigenvalue weighted by molar-refractivity contribution is -0.140. The number of aliphatic carboxylic acids is 1. The van der Waals surface area contributed by atoms with Gasteiger partial charge in [-0.2, -0.15) is 0 Å². The quantitative estimate of drug-likeness (QED) is 0.751. The predicted octanol–water partition coefficient (Wildman–Crippen LogP) is 1.31. The van der Waals surface area contributed by atoms with Gasteiger partial charge in [0.15, 0.2) is 9.84 Å². The third kappa shape index (κ3) is 6.14. The van der Waals surface area contributed by atoms with Gasteiger partial charge < -0.3 is 15.2 Å². The molecule has 0 aliphatic rings. The maximum atomic E-state index is 11.3. The van der Waals surface area contributed by atoms with E-state index in [2.05, 4.69) is 5.32 Å². The lowest BCUT2D eigenvalue weighted by atomic mass is 10.2. The van der Waals surface area contributed by atoms with E-state index in [1.165, 1.54) is 12.1 Å². The standard InChI is InChI=1S/C14H21NO5S/c1-10(2)15-13(14(16)17)8-9-20-11-4-6-12(7-5-11)21(3,18)19/h4-7,10,13,15H,8-9H2,1-3H3,(H,16,17). The smallest absolute Gasteiger partial charge is 0.320 e. The molecule has 118 valence electrons. The number of carboxylic acid groups (broad SMARTS) is 1. The largest absolute Gasteiger partial charge is 0.494 e. The molecule has 0 radical (unpaired) electrons. The number of ether oxygens (including phenoxy) is 1. The van der Waals surface area contributed by atoms with Crippen LogP contribution in [0.2, 0.25) is 0 Å². The Hall–Kier alpha value is -1.60. The van der Waals surface area contributed by atoms with Crippen LogP contribution in [0.3, 0.4) is 0 Å². The molecular formula is C14H21NO5S. The van der Waals surface area contributed by atoms with E-state index in [4.69, 9.17) is 9.84 Å². The summed E-state index contributed by atoms with van der Waals surface area (Å²) in [5.74, 6) is -0.407. The van der Waals surface area contributed by atoms with E-state index in [-0.39, 0.29) is 17.5 Å². The summed E-state index contributed by atoms with van der Waals surface area (Å²) in [4.78, 5) is 11.3. The van der Waals surface area contributed by atoms with Gasteiger partial charge in [-0.15, -0.1) is 0 Å². The molecule has 0 aromatic heterocycles. The highest BCUT2D eigenvalue weighted by atomic mass is 32.2. The van der Waals surface area contributed by atoms with Gasteiger partial charge in [0.2, 0.25) is 0 Å². The van der Waals surface area contributed by atoms with Crippen molar-refractivity contribution in [3.8, 4) is 5.75 Å². The monoisotopic (exact) mass is 315 g/mol. The van der Waals surface area contributed by atoms with Crippen LogP contribution in [0.15, 0.2) is 29.2 Å². The third-order valence-electron chi connectivity index (χ3n) is 2.76. The van der Waals surface area contributed by atoms with Gasteiger partial charge >= 0.3 is 5.97 Å². The van der Waals surface area contributed by atoms with Gasteiger partial charge in [-0.3, -0.25) is 4.79 Å². The number of carboxylic acids is 1. The van der Waals surface area contributed by atoms with Gasteiger partial charge in [0.1, 0.15) is 11.8 Å². The van der Waals surface area contributed by atoms with Crippen molar-refractivity contribution in [2.45, 2.75) is 37.2 Å². The summed E-state index contributed by atoms with van der Waals surface area (Å²) in [6, 6.07) is 5.45. The second kappa shape index (κ2) is 7.42. The van der Waals surface area contributed by atoms with E-state index in [0.717, 1.165) is 6.26 Å². The third-order valence-corrected chi connectivity index (χ3v) is 3.89. The number of nitrogens with one attached hydrogen (secondary N) is 1. The van der Waals surface area contributed by atoms with Crippen LogP contribution in [0.4, 0.5) is 0 Å². The Morgan fingerprint density at radius 1 is 1.29 bits per heavy atom. The first-order valence-corrected chi connectivity index (χ1v) is 8.51. The van der Waals surface area contributed by atoms with Gasteiger partial charge in [0.25, 0.3) is 0 Å². The van der Waals surface area contributed by atoms with Crippen LogP contribution in [0.1, 0.15) is 20.3 Å². The summed E-state index contributed by atoms with van der Waals surface area (Å²) in [6.45, 7) is 3.98. The fraction of sp³-hybridized carbons (Fsp3) is 0.500. The second-order valence-corrected chi connectivity index (χ2v) is 7.11. The molecule has 1 aromatic carbocycles. The summed E-state index contributed by atoms with van der Waals surface area (Å²) in [7, 11) is -3.22. The molecule has 1 unspecified atom stereocenters. The maximum Gasteiger partial charge on any atom is 0.320 e. The number of rotatable bonds is 8. The first-order chi connectivity index (χ1) is 9.70. The topological polar surface area (TPSA) is 92.7 Å². The first kappa shape index (κ1) is 17.5. The van der Waals surface area contributed by atoms with Crippen molar-refractivity contribution >= 4 is 15.8 Å². The molecule has 0 saturated carbocycles. The summed E-state index contributed by atoms with van der Waals surface area (Å²) in [5, 5.41) is 12.0. The van der Waals surface area contributed by atoms with Gasteiger partial charge in [-0.05, 0) is 24.3 Å². The van der Waals surface area contributed by atoms with Crippen LogP contribution in [0.25, 0.3) is 0 Å². The zero-order valence-corrected chi connectivity index (χ0v) is 13.2. The van der Waals surface area contributed by atoms with Crippen molar-refractivity contribution in [1.82, 2.24) is 5.32 Å². The van der Waals surface area contributed by atoms with Crippen LogP contribution in [0.5, 0.6) is 5.75 Å². The van der Waals surface area contributed by atoms with Crippen molar-refractivity contribution in [3.05, 3.63) is 24.3 Å². The number of hydrogen-bond donors (Lipinski definition) is 2. The minimum atomic E-state index is -3.22. The summed E-state index contributed by atoms with van der Waals surface area (Å²) in [5.41, 5.74) is 0. The lowest BCUT2D eigenvalue weighted by Gasteiger charge is -2.17. The molecule has 0 fully saturated rings. The molecular weight excluding hydrogens is 294 g/mol. The highest BCUT2D eigenvalue weighted by Gasteiger charge is 2.17. The molecule has 0 heterocycles. The summed E-state index contributed by atoms with van der Waals surface area (Å²) >= 11 is 0. The Morgan fingerprint density at radius 2 is 1.86 bits per heavy atom. The van der Waals surface area contributed by atoms with Crippen LogP contribution in [-0.2, 0) is 14.6 Å². The Morgan fingerprint density at radius 3 is 2.29 bits per heavy atom. The molecule has 1 aromatic rings. The van der Waals surface area contributed by atoms with Crippen molar-refractivity contribution in [1.29, 1.82) is 0 Å². The Kier molecular flexibility index (Phi) is 6.17. The average molecular weight is 315 g/mol. The maximum absolute atomic E-state index is 11.3. The molecule has 0 aliphatic heterocycles. The SMILES string of the molecule is CC(C)NC(CCOc1ccc(S(C)(=O)=O)cc1)C(=O)O. The molecule has 7 heteroatoms.